The first-order valence-electron chi connectivity index (χ1n) is 6.74. The number of rotatable bonds is 7. The van der Waals surface area contributed by atoms with Gasteiger partial charge in [-0.05, 0) is 34.1 Å². The Labute approximate surface area is 120 Å². The molecule has 0 aliphatic carbocycles. The van der Waals surface area contributed by atoms with Crippen molar-refractivity contribution >= 4 is 11.9 Å². The average Bonchev–Trinajstić information content (AvgIpc) is 2.34. The molecule has 7 heteroatoms. The van der Waals surface area contributed by atoms with Gasteiger partial charge in [-0.15, -0.1) is 0 Å². The monoisotopic (exact) mass is 283 g/mol. The summed E-state index contributed by atoms with van der Waals surface area (Å²) in [5.74, 6) is 0.815. The zero-order valence-electron chi connectivity index (χ0n) is 13.1. The molecule has 7 nitrogen and oxygen atoms in total. The molecule has 0 aliphatic heterocycles. The lowest BCUT2D eigenvalue weighted by atomic mass is 9.86. The molecule has 0 saturated carbocycles. The molecular weight excluding hydrogens is 258 g/mol. The molecule has 0 spiro atoms. The van der Waals surface area contributed by atoms with Gasteiger partial charge >= 0.3 is 6.01 Å². The van der Waals surface area contributed by atoms with E-state index in [1.54, 1.807) is 13.8 Å². The number of anilines is 2. The summed E-state index contributed by atoms with van der Waals surface area (Å²) in [5.41, 5.74) is -1.55. The smallest absolute Gasteiger partial charge is 0.322 e. The predicted molar refractivity (Wildman–Crippen MR) is 79.2 cm³/mol. The standard InChI is InChI=1S/C13H25N5O2/c1-7-8-14-9-15-10(17-11(16-9)20-6)18-12(2,3)13(4,5)19/h19H,7-8H2,1-6H3,(H2,14,15,16,17,18). The summed E-state index contributed by atoms with van der Waals surface area (Å²) in [6.45, 7) is 10.0. The average molecular weight is 283 g/mol. The molecular formula is C13H25N5O2. The third-order valence-electron chi connectivity index (χ3n) is 3.28. The Bertz CT molecular complexity index is 443. The van der Waals surface area contributed by atoms with Crippen molar-refractivity contribution in [3.63, 3.8) is 0 Å². The maximum Gasteiger partial charge on any atom is 0.322 e. The quantitative estimate of drug-likeness (QED) is 0.701. The Morgan fingerprint density at radius 3 is 2.20 bits per heavy atom. The topological polar surface area (TPSA) is 92.2 Å². The first-order valence-corrected chi connectivity index (χ1v) is 6.74. The van der Waals surface area contributed by atoms with Crippen LogP contribution in [0.2, 0.25) is 0 Å². The molecule has 3 N–H and O–H groups in total. The van der Waals surface area contributed by atoms with E-state index >= 15 is 0 Å². The number of hydrogen-bond donors (Lipinski definition) is 3. The molecule has 1 aromatic rings. The van der Waals surface area contributed by atoms with Crippen molar-refractivity contribution in [2.24, 2.45) is 0 Å². The van der Waals surface area contributed by atoms with E-state index in [2.05, 4.69) is 32.5 Å². The minimum Gasteiger partial charge on any atom is -0.467 e. The Morgan fingerprint density at radius 2 is 1.70 bits per heavy atom. The molecule has 0 radical (unpaired) electrons. The molecule has 1 aromatic heterocycles. The second-order valence-corrected chi connectivity index (χ2v) is 5.71. The zero-order chi connectivity index (χ0) is 15.4. The number of nitrogens with one attached hydrogen (secondary N) is 2. The predicted octanol–water partition coefficient (Wildman–Crippen LogP) is 1.66. The molecule has 0 bridgehead atoms. The van der Waals surface area contributed by atoms with E-state index in [0.29, 0.717) is 11.9 Å². The van der Waals surface area contributed by atoms with Crippen LogP contribution < -0.4 is 15.4 Å². The van der Waals surface area contributed by atoms with E-state index in [1.807, 2.05) is 13.8 Å². The maximum atomic E-state index is 10.2. The molecule has 0 amide bonds. The molecule has 20 heavy (non-hydrogen) atoms. The van der Waals surface area contributed by atoms with E-state index in [-0.39, 0.29) is 6.01 Å². The van der Waals surface area contributed by atoms with E-state index in [0.717, 1.165) is 13.0 Å². The number of methoxy groups -OCH3 is 1. The first kappa shape index (κ1) is 16.4. The normalized spacial score (nSPS) is 12.2. The van der Waals surface area contributed by atoms with Gasteiger partial charge in [-0.2, -0.15) is 15.0 Å². The van der Waals surface area contributed by atoms with E-state index in [1.165, 1.54) is 7.11 Å². The first-order chi connectivity index (χ1) is 9.19. The van der Waals surface area contributed by atoms with E-state index in [4.69, 9.17) is 4.74 Å². The molecule has 1 rings (SSSR count). The molecule has 0 aliphatic rings. The van der Waals surface area contributed by atoms with Crippen LogP contribution in [0.3, 0.4) is 0 Å². The fraction of sp³-hybridized carbons (Fsp3) is 0.769. The van der Waals surface area contributed by atoms with Crippen LogP contribution in [-0.2, 0) is 0 Å². The van der Waals surface area contributed by atoms with Crippen LogP contribution in [0.5, 0.6) is 6.01 Å². The van der Waals surface area contributed by atoms with Crippen LogP contribution in [0.4, 0.5) is 11.9 Å². The minimum atomic E-state index is -0.941. The van der Waals surface area contributed by atoms with Gasteiger partial charge in [0.05, 0.1) is 18.2 Å². The van der Waals surface area contributed by atoms with Crippen molar-refractivity contribution in [2.45, 2.75) is 52.2 Å². The van der Waals surface area contributed by atoms with Crippen LogP contribution in [0.1, 0.15) is 41.0 Å². The summed E-state index contributed by atoms with van der Waals surface area (Å²) in [6.07, 6.45) is 0.964. The summed E-state index contributed by atoms with van der Waals surface area (Å²) in [5, 5.41) is 16.4. The highest BCUT2D eigenvalue weighted by molar-refractivity contribution is 5.38. The van der Waals surface area contributed by atoms with Crippen LogP contribution in [-0.4, -0.2) is 44.9 Å². The molecule has 0 fully saturated rings. The lowest BCUT2D eigenvalue weighted by Gasteiger charge is -2.37. The fourth-order valence-corrected chi connectivity index (χ4v) is 1.25. The van der Waals surface area contributed by atoms with E-state index in [9.17, 15) is 5.11 Å². The highest BCUT2D eigenvalue weighted by Gasteiger charge is 2.35. The van der Waals surface area contributed by atoms with Crippen LogP contribution >= 0.6 is 0 Å². The summed E-state index contributed by atoms with van der Waals surface area (Å²) >= 11 is 0. The zero-order valence-corrected chi connectivity index (χ0v) is 13.1. The number of nitrogens with zero attached hydrogens (tertiary/aromatic N) is 3. The molecule has 0 aromatic carbocycles. The van der Waals surface area contributed by atoms with Crippen molar-refractivity contribution in [1.29, 1.82) is 0 Å². The van der Waals surface area contributed by atoms with Crippen molar-refractivity contribution in [1.82, 2.24) is 15.0 Å². The highest BCUT2D eigenvalue weighted by atomic mass is 16.5. The van der Waals surface area contributed by atoms with E-state index < -0.39 is 11.1 Å². The molecule has 0 saturated heterocycles. The highest BCUT2D eigenvalue weighted by Crippen LogP contribution is 2.25. The Balaban J connectivity index is 2.99. The second kappa shape index (κ2) is 6.21. The van der Waals surface area contributed by atoms with Crippen molar-refractivity contribution in [2.75, 3.05) is 24.3 Å². The van der Waals surface area contributed by atoms with Gasteiger partial charge in [0.25, 0.3) is 0 Å². The van der Waals surface area contributed by atoms with Crippen molar-refractivity contribution in [3.8, 4) is 6.01 Å². The summed E-state index contributed by atoms with van der Waals surface area (Å²) in [7, 11) is 1.50. The molecule has 1 heterocycles. The number of aliphatic hydroxyl groups is 1. The van der Waals surface area contributed by atoms with Gasteiger partial charge in [0.15, 0.2) is 0 Å². The maximum absolute atomic E-state index is 10.2. The van der Waals surface area contributed by atoms with Crippen molar-refractivity contribution < 1.29 is 9.84 Å². The Morgan fingerprint density at radius 1 is 1.10 bits per heavy atom. The number of ether oxygens (including phenoxy) is 1. The summed E-state index contributed by atoms with van der Waals surface area (Å²) in [6, 6.07) is 0.229. The van der Waals surface area contributed by atoms with Crippen LogP contribution in [0, 0.1) is 0 Å². The number of hydrogen-bond acceptors (Lipinski definition) is 7. The van der Waals surface area contributed by atoms with Crippen LogP contribution in [0.25, 0.3) is 0 Å². The van der Waals surface area contributed by atoms with Gasteiger partial charge in [0.1, 0.15) is 0 Å². The van der Waals surface area contributed by atoms with Gasteiger partial charge in [-0.1, -0.05) is 6.92 Å². The lowest BCUT2D eigenvalue weighted by Crippen LogP contribution is -2.51. The van der Waals surface area contributed by atoms with Gasteiger partial charge in [0.2, 0.25) is 11.9 Å². The fourth-order valence-electron chi connectivity index (χ4n) is 1.25. The summed E-state index contributed by atoms with van der Waals surface area (Å²) < 4.78 is 5.07. The van der Waals surface area contributed by atoms with Crippen molar-refractivity contribution in [3.05, 3.63) is 0 Å². The molecule has 0 unspecified atom stereocenters. The lowest BCUT2D eigenvalue weighted by molar-refractivity contribution is 0.0236. The van der Waals surface area contributed by atoms with Gasteiger partial charge in [-0.3, -0.25) is 0 Å². The summed E-state index contributed by atoms with van der Waals surface area (Å²) in [4.78, 5) is 12.6. The van der Waals surface area contributed by atoms with Crippen LogP contribution in [0.15, 0.2) is 0 Å². The molecule has 0 atom stereocenters. The third-order valence-corrected chi connectivity index (χ3v) is 3.28. The third kappa shape index (κ3) is 4.19. The molecule has 114 valence electrons. The van der Waals surface area contributed by atoms with Gasteiger partial charge < -0.3 is 20.5 Å². The second-order valence-electron chi connectivity index (χ2n) is 5.71. The largest absolute Gasteiger partial charge is 0.467 e. The van der Waals surface area contributed by atoms with Gasteiger partial charge in [-0.25, -0.2) is 0 Å². The Kier molecular flexibility index (Phi) is 5.10. The number of aromatic nitrogens is 3. The SMILES string of the molecule is CCCNc1nc(NC(C)(C)C(C)(C)O)nc(OC)n1. The minimum absolute atomic E-state index is 0.229. The Hall–Kier alpha value is -1.63. The van der Waals surface area contributed by atoms with Gasteiger partial charge in [0, 0.05) is 6.54 Å².